The molecule has 0 radical (unpaired) electrons. The van der Waals surface area contributed by atoms with Crippen molar-refractivity contribution in [2.45, 2.75) is 63.0 Å². The fourth-order valence-corrected chi connectivity index (χ4v) is 5.93. The summed E-state index contributed by atoms with van der Waals surface area (Å²) < 4.78 is 36.9. The van der Waals surface area contributed by atoms with Gasteiger partial charge in [0, 0.05) is 57.4 Å². The molecule has 12 heteroatoms. The smallest absolute Gasteiger partial charge is 0.267 e. The number of hydrogen-bond acceptors (Lipinski definition) is 8. The minimum Gasteiger partial charge on any atom is -0.474 e. The minimum absolute atomic E-state index is 0.0444. The van der Waals surface area contributed by atoms with Crippen molar-refractivity contribution in [2.75, 3.05) is 44.7 Å². The van der Waals surface area contributed by atoms with Crippen LogP contribution in [0.1, 0.15) is 49.4 Å². The Kier molecular flexibility index (Phi) is 8.48. The summed E-state index contributed by atoms with van der Waals surface area (Å²) in [5.74, 6) is -3.71. The van der Waals surface area contributed by atoms with E-state index in [0.717, 1.165) is 0 Å². The Bertz CT molecular complexity index is 1290. The third-order valence-corrected chi connectivity index (χ3v) is 8.23. The summed E-state index contributed by atoms with van der Waals surface area (Å²) in [6.45, 7) is 2.65. The van der Waals surface area contributed by atoms with Gasteiger partial charge in [-0.1, -0.05) is 12.1 Å². The molecule has 1 aromatic carbocycles. The highest BCUT2D eigenvalue weighted by Crippen LogP contribution is 2.41. The number of anilines is 1. The number of aryl methyl sites for hydroxylation is 1. The Labute approximate surface area is 238 Å². The molecule has 41 heavy (non-hydrogen) atoms. The Balaban J connectivity index is 1.14. The number of alkyl halides is 2. The Morgan fingerprint density at radius 3 is 2.63 bits per heavy atom. The lowest BCUT2D eigenvalue weighted by Crippen LogP contribution is -2.52. The number of imide groups is 1. The first kappa shape index (κ1) is 28.8. The zero-order valence-electron chi connectivity index (χ0n) is 23.4. The van der Waals surface area contributed by atoms with E-state index in [1.807, 2.05) is 0 Å². The fourth-order valence-electron chi connectivity index (χ4n) is 5.93. The van der Waals surface area contributed by atoms with Crippen LogP contribution in [0.25, 0.3) is 0 Å². The summed E-state index contributed by atoms with van der Waals surface area (Å²) in [6, 6.07) is 8.07. The molecule has 5 rings (SSSR count). The van der Waals surface area contributed by atoms with Crippen molar-refractivity contribution in [3.63, 3.8) is 0 Å². The number of piperidine rings is 3. The maximum atomic E-state index is 15.5. The number of nitrogens with one attached hydrogen (secondary N) is 1. The van der Waals surface area contributed by atoms with E-state index in [-0.39, 0.29) is 43.2 Å². The maximum absolute atomic E-state index is 15.5. The van der Waals surface area contributed by atoms with E-state index in [1.165, 1.54) is 0 Å². The lowest BCUT2D eigenvalue weighted by atomic mass is 9.85. The van der Waals surface area contributed by atoms with Gasteiger partial charge in [-0.2, -0.15) is 4.98 Å². The van der Waals surface area contributed by atoms with E-state index in [1.54, 1.807) is 65.2 Å². The first-order chi connectivity index (χ1) is 19.6. The van der Waals surface area contributed by atoms with E-state index in [4.69, 9.17) is 4.74 Å². The van der Waals surface area contributed by atoms with Crippen LogP contribution < -0.4 is 15.0 Å². The molecule has 3 aliphatic heterocycles. The van der Waals surface area contributed by atoms with Crippen molar-refractivity contribution in [2.24, 2.45) is 0 Å². The topological polar surface area (TPSA) is 108 Å². The lowest BCUT2D eigenvalue weighted by molar-refractivity contribution is -0.138. The summed E-state index contributed by atoms with van der Waals surface area (Å²) in [7, 11) is 1.73. The highest BCUT2D eigenvalue weighted by molar-refractivity contribution is 6.01. The van der Waals surface area contributed by atoms with E-state index in [9.17, 15) is 14.4 Å². The third-order valence-electron chi connectivity index (χ3n) is 8.23. The van der Waals surface area contributed by atoms with Crippen LogP contribution in [-0.4, -0.2) is 95.3 Å². The van der Waals surface area contributed by atoms with Gasteiger partial charge < -0.3 is 14.5 Å². The Morgan fingerprint density at radius 2 is 1.93 bits per heavy atom. The first-order valence-corrected chi connectivity index (χ1v) is 14.1. The average molecular weight is 571 g/mol. The molecule has 3 fully saturated rings. The molecule has 3 aliphatic rings. The van der Waals surface area contributed by atoms with Crippen molar-refractivity contribution >= 4 is 23.4 Å². The third kappa shape index (κ3) is 6.80. The van der Waals surface area contributed by atoms with Crippen molar-refractivity contribution < 1.29 is 27.9 Å². The molecule has 0 bridgehead atoms. The monoisotopic (exact) mass is 570 g/mol. The summed E-state index contributed by atoms with van der Waals surface area (Å²) in [6.07, 6.45) is 3.71. The number of halogens is 2. The van der Waals surface area contributed by atoms with E-state index >= 15 is 8.78 Å². The van der Waals surface area contributed by atoms with Crippen molar-refractivity contribution in [1.29, 1.82) is 0 Å². The first-order valence-electron chi connectivity index (χ1n) is 14.1. The maximum Gasteiger partial charge on any atom is 0.267 e. The van der Waals surface area contributed by atoms with Crippen LogP contribution in [0.4, 0.5) is 14.5 Å². The van der Waals surface area contributed by atoms with Gasteiger partial charge in [-0.05, 0) is 44.0 Å². The van der Waals surface area contributed by atoms with Crippen LogP contribution in [0.3, 0.4) is 0 Å². The summed E-state index contributed by atoms with van der Waals surface area (Å²) >= 11 is 0. The Morgan fingerprint density at radius 1 is 1.15 bits per heavy atom. The number of rotatable bonds is 7. The highest BCUT2D eigenvalue weighted by atomic mass is 19.3. The van der Waals surface area contributed by atoms with E-state index < -0.39 is 24.4 Å². The predicted molar refractivity (Wildman–Crippen MR) is 147 cm³/mol. The molecule has 0 aliphatic carbocycles. The number of carbonyl (C=O) groups excluding carboxylic acids is 3. The zero-order valence-corrected chi connectivity index (χ0v) is 23.4. The number of likely N-dealkylation sites (tertiary alicyclic amines) is 2. The van der Waals surface area contributed by atoms with Gasteiger partial charge in [-0.3, -0.25) is 24.6 Å². The standard InChI is InChI=1S/C29H36F2N6O4/c1-19-32-12-8-26(33-19)41-22-9-14-37(15-10-22)27(39)17-36-13-11-23(29(30,31)18-36)20-4-3-5-21(16-20)35(2)24-6-7-25(38)34-28(24)40/h3-5,8,12,16,22-24H,6-7,9-11,13-15,17-18H2,1-2H3,(H,34,38,40). The van der Waals surface area contributed by atoms with Gasteiger partial charge in [0.1, 0.15) is 18.0 Å². The molecule has 220 valence electrons. The number of aromatic nitrogens is 2. The normalized spacial score (nSPS) is 23.7. The molecule has 1 aromatic heterocycles. The molecule has 1 N–H and O–H groups in total. The molecule has 10 nitrogen and oxygen atoms in total. The second-order valence-corrected chi connectivity index (χ2v) is 11.1. The molecule has 0 spiro atoms. The van der Waals surface area contributed by atoms with Gasteiger partial charge >= 0.3 is 0 Å². The molecular weight excluding hydrogens is 534 g/mol. The minimum atomic E-state index is -3.03. The van der Waals surface area contributed by atoms with Gasteiger partial charge in [-0.15, -0.1) is 0 Å². The molecule has 2 aromatic rings. The second kappa shape index (κ2) is 12.1. The molecule has 3 amide bonds. The number of nitrogens with zero attached hydrogens (tertiary/aromatic N) is 5. The molecule has 3 saturated heterocycles. The van der Waals surface area contributed by atoms with Crippen LogP contribution >= 0.6 is 0 Å². The second-order valence-electron chi connectivity index (χ2n) is 11.1. The van der Waals surface area contributed by atoms with Crippen molar-refractivity contribution in [3.05, 3.63) is 47.9 Å². The van der Waals surface area contributed by atoms with Gasteiger partial charge in [0.05, 0.1) is 19.0 Å². The number of likely N-dealkylation sites (N-methyl/N-ethyl adjacent to an activating group) is 1. The quantitative estimate of drug-likeness (QED) is 0.506. The Hall–Kier alpha value is -3.67. The number of ether oxygens (including phenoxy) is 1. The summed E-state index contributed by atoms with van der Waals surface area (Å²) in [4.78, 5) is 50.1. The van der Waals surface area contributed by atoms with Crippen molar-refractivity contribution in [1.82, 2.24) is 25.1 Å². The van der Waals surface area contributed by atoms with E-state index in [2.05, 4.69) is 15.3 Å². The molecule has 4 heterocycles. The molecule has 2 unspecified atom stereocenters. The predicted octanol–water partition coefficient (Wildman–Crippen LogP) is 2.52. The van der Waals surface area contributed by atoms with Gasteiger partial charge in [0.15, 0.2) is 0 Å². The number of hydrogen-bond donors (Lipinski definition) is 1. The summed E-state index contributed by atoms with van der Waals surface area (Å²) in [5.41, 5.74) is 1.14. The van der Waals surface area contributed by atoms with Gasteiger partial charge in [0.2, 0.25) is 23.6 Å². The van der Waals surface area contributed by atoms with Gasteiger partial charge in [-0.25, -0.2) is 13.8 Å². The number of carbonyl (C=O) groups is 3. The van der Waals surface area contributed by atoms with Crippen molar-refractivity contribution in [3.8, 4) is 5.88 Å². The van der Waals surface area contributed by atoms with Crippen LogP contribution in [0.15, 0.2) is 36.5 Å². The average Bonchev–Trinajstić information content (AvgIpc) is 2.93. The molecule has 0 saturated carbocycles. The van der Waals surface area contributed by atoms with Crippen LogP contribution in [0.5, 0.6) is 5.88 Å². The van der Waals surface area contributed by atoms with Crippen LogP contribution in [-0.2, 0) is 14.4 Å². The molecular formula is C29H36F2N6O4. The SMILES string of the molecule is Cc1nccc(OC2CCN(C(=O)CN3CCC(c4cccc(N(C)C5CCC(=O)NC5=O)c4)C(F)(F)C3)CC2)n1. The zero-order chi connectivity index (χ0) is 29.1. The fraction of sp³-hybridized carbons (Fsp3) is 0.552. The summed E-state index contributed by atoms with van der Waals surface area (Å²) in [5, 5.41) is 2.34. The number of amides is 3. The van der Waals surface area contributed by atoms with Gasteiger partial charge in [0.25, 0.3) is 5.92 Å². The highest BCUT2D eigenvalue weighted by Gasteiger charge is 2.46. The number of benzene rings is 1. The molecule has 2 atom stereocenters. The largest absolute Gasteiger partial charge is 0.474 e. The lowest BCUT2D eigenvalue weighted by Gasteiger charge is -2.40. The van der Waals surface area contributed by atoms with Crippen LogP contribution in [0, 0.1) is 6.92 Å². The van der Waals surface area contributed by atoms with E-state index in [0.29, 0.717) is 61.9 Å². The van der Waals surface area contributed by atoms with Crippen LogP contribution in [0.2, 0.25) is 0 Å².